The van der Waals surface area contributed by atoms with Crippen molar-refractivity contribution in [3.63, 3.8) is 0 Å². The van der Waals surface area contributed by atoms with Gasteiger partial charge < -0.3 is 34.8 Å². The number of allylic oxidation sites excluding steroid dienone is 2. The first kappa shape index (κ1) is 50.1. The van der Waals surface area contributed by atoms with Crippen LogP contribution in [0.3, 0.4) is 0 Å². The van der Waals surface area contributed by atoms with Crippen LogP contribution < -0.4 is 0 Å². The monoisotopic (exact) mass is 790 g/mol. The van der Waals surface area contributed by atoms with Crippen LogP contribution in [0.25, 0.3) is 0 Å². The summed E-state index contributed by atoms with van der Waals surface area (Å²) in [5.41, 5.74) is 0. The third kappa shape index (κ3) is 25.2. The lowest BCUT2D eigenvalue weighted by molar-refractivity contribution is -0.161. The fourth-order valence-corrected chi connectivity index (χ4v) is 6.95. The van der Waals surface area contributed by atoms with E-state index < -0.39 is 70.6 Å². The van der Waals surface area contributed by atoms with Gasteiger partial charge in [-0.05, 0) is 38.0 Å². The van der Waals surface area contributed by atoms with Crippen molar-refractivity contribution in [3.05, 3.63) is 24.3 Å². The molecule has 1 aliphatic carbocycles. The topological polar surface area (TPSA) is 206 Å². The average molecular weight is 791 g/mol. The SMILES string of the molecule is CCCCC[C@H](O)/C=C/[C@H]1[C@H](O)CC(=O)[C@@H]1C/C=C\CCCC(=O)OC[C@H](COP(=O)(O)OC[C@@H](O)CO)OC(=O)CCCCCCCCCCC(C)C. The molecule has 1 saturated carbocycles. The van der Waals surface area contributed by atoms with Gasteiger partial charge in [0.25, 0.3) is 0 Å². The number of Topliss-reactive ketones (excluding diaryl/α,β-unsaturated/α-hetero) is 1. The molecule has 0 spiro atoms. The van der Waals surface area contributed by atoms with E-state index in [9.17, 15) is 39.2 Å². The molecule has 0 radical (unpaired) electrons. The summed E-state index contributed by atoms with van der Waals surface area (Å²) in [6.45, 7) is 4.20. The number of aliphatic hydroxyl groups is 4. The van der Waals surface area contributed by atoms with Crippen LogP contribution in [0.15, 0.2) is 24.3 Å². The van der Waals surface area contributed by atoms with E-state index in [0.29, 0.717) is 32.1 Å². The Labute approximate surface area is 323 Å². The number of ketones is 1. The number of rotatable bonds is 33. The zero-order valence-electron chi connectivity index (χ0n) is 33.1. The number of aliphatic hydroxyl groups excluding tert-OH is 4. The van der Waals surface area contributed by atoms with Crippen LogP contribution in [-0.2, 0) is 37.5 Å². The Bertz CT molecular complexity index is 1130. The quantitative estimate of drug-likeness (QED) is 0.0204. The van der Waals surface area contributed by atoms with Crippen molar-refractivity contribution in [2.24, 2.45) is 17.8 Å². The van der Waals surface area contributed by atoms with E-state index in [0.717, 1.165) is 44.4 Å². The molecule has 13 nitrogen and oxygen atoms in total. The molecule has 5 N–H and O–H groups in total. The van der Waals surface area contributed by atoms with Crippen LogP contribution in [0.4, 0.5) is 0 Å². The third-order valence-electron chi connectivity index (χ3n) is 9.41. The van der Waals surface area contributed by atoms with Crippen LogP contribution >= 0.6 is 7.82 Å². The predicted octanol–water partition coefficient (Wildman–Crippen LogP) is 6.67. The molecule has 0 bridgehead atoms. The van der Waals surface area contributed by atoms with Crippen molar-refractivity contribution in [2.75, 3.05) is 26.4 Å². The van der Waals surface area contributed by atoms with E-state index in [4.69, 9.17) is 19.1 Å². The van der Waals surface area contributed by atoms with E-state index >= 15 is 0 Å². The first-order valence-corrected chi connectivity index (χ1v) is 21.7. The van der Waals surface area contributed by atoms with Gasteiger partial charge in [0, 0.05) is 31.1 Å². The smallest absolute Gasteiger partial charge is 0.462 e. The molecule has 7 atom stereocenters. The van der Waals surface area contributed by atoms with Crippen LogP contribution in [0.1, 0.15) is 143 Å². The molecule has 0 aromatic rings. The molecule has 0 aliphatic heterocycles. The lowest BCUT2D eigenvalue weighted by atomic mass is 9.90. The number of carbonyl (C=O) groups is 3. The minimum Gasteiger partial charge on any atom is -0.462 e. The minimum atomic E-state index is -4.68. The normalized spacial score (nSPS) is 20.5. The average Bonchev–Trinajstić information content (AvgIpc) is 3.40. The summed E-state index contributed by atoms with van der Waals surface area (Å²) in [6, 6.07) is 0. The number of phosphoric acid groups is 1. The van der Waals surface area contributed by atoms with Gasteiger partial charge in [0.1, 0.15) is 18.5 Å². The Hall–Kier alpha value is -1.96. The summed E-state index contributed by atoms with van der Waals surface area (Å²) >= 11 is 0. The van der Waals surface area contributed by atoms with Gasteiger partial charge in [0.15, 0.2) is 6.10 Å². The maximum atomic E-state index is 12.6. The van der Waals surface area contributed by atoms with E-state index in [1.807, 2.05) is 12.2 Å². The molecule has 54 heavy (non-hydrogen) atoms. The number of hydrogen-bond acceptors (Lipinski definition) is 12. The fraction of sp³-hybridized carbons (Fsp3) is 0.825. The highest BCUT2D eigenvalue weighted by molar-refractivity contribution is 7.47. The van der Waals surface area contributed by atoms with Gasteiger partial charge in [-0.15, -0.1) is 0 Å². The number of unbranched alkanes of at least 4 members (excludes halogenated alkanes) is 10. The van der Waals surface area contributed by atoms with Gasteiger partial charge in [-0.3, -0.25) is 23.4 Å². The number of hydrogen-bond donors (Lipinski definition) is 5. The van der Waals surface area contributed by atoms with Crippen LogP contribution in [0.2, 0.25) is 0 Å². The predicted molar refractivity (Wildman–Crippen MR) is 206 cm³/mol. The summed E-state index contributed by atoms with van der Waals surface area (Å²) in [5.74, 6) is -1.15. The molecule has 1 unspecified atom stereocenters. The van der Waals surface area contributed by atoms with Crippen molar-refractivity contribution in [3.8, 4) is 0 Å². The van der Waals surface area contributed by atoms with Crippen molar-refractivity contribution in [1.82, 2.24) is 0 Å². The zero-order valence-corrected chi connectivity index (χ0v) is 34.0. The van der Waals surface area contributed by atoms with Crippen molar-refractivity contribution >= 4 is 25.5 Å². The highest BCUT2D eigenvalue weighted by Crippen LogP contribution is 2.43. The summed E-state index contributed by atoms with van der Waals surface area (Å²) in [4.78, 5) is 47.5. The number of esters is 2. The highest BCUT2D eigenvalue weighted by Gasteiger charge is 2.39. The lowest BCUT2D eigenvalue weighted by Gasteiger charge is -2.20. The molecular formula is C40H71O13P. The molecule has 0 heterocycles. The first-order valence-electron chi connectivity index (χ1n) is 20.3. The maximum absolute atomic E-state index is 12.6. The minimum absolute atomic E-state index is 0.0183. The van der Waals surface area contributed by atoms with Gasteiger partial charge in [-0.25, -0.2) is 4.57 Å². The zero-order chi connectivity index (χ0) is 40.2. The Balaban J connectivity index is 2.52. The van der Waals surface area contributed by atoms with Gasteiger partial charge in [-0.2, -0.15) is 0 Å². The van der Waals surface area contributed by atoms with Gasteiger partial charge in [0.05, 0.1) is 32.0 Å². The molecular weight excluding hydrogens is 719 g/mol. The lowest BCUT2D eigenvalue weighted by Crippen LogP contribution is -2.29. The standard InChI is InChI=1S/C40H71O13P/c1-4-5-14-20-32(42)24-25-36-35(37(44)26-38(36)45)21-16-12-13-17-22-39(46)50-29-34(30-52-54(48,49)51-28-33(43)27-41)53-40(47)23-18-11-9-7-6-8-10-15-19-31(2)3/h12,16,24-25,31-36,38,41-43,45H,4-11,13-15,17-23,26-30H2,1-3H3,(H,48,49)/b16-12-,25-24+/t32-,33-,34+,35+,36+,38+/m0/s1. The maximum Gasteiger partial charge on any atom is 0.472 e. The Morgan fingerprint density at radius 2 is 1.48 bits per heavy atom. The molecule has 1 aliphatic rings. The Kier molecular flexibility index (Phi) is 28.0. The Morgan fingerprint density at radius 3 is 2.15 bits per heavy atom. The largest absolute Gasteiger partial charge is 0.472 e. The fourth-order valence-electron chi connectivity index (χ4n) is 6.16. The van der Waals surface area contributed by atoms with Crippen molar-refractivity contribution in [2.45, 2.75) is 167 Å². The number of carbonyl (C=O) groups excluding carboxylic acids is 3. The third-order valence-corrected chi connectivity index (χ3v) is 10.4. The summed E-state index contributed by atoms with van der Waals surface area (Å²) in [5, 5.41) is 38.9. The molecule has 1 fully saturated rings. The summed E-state index contributed by atoms with van der Waals surface area (Å²) < 4.78 is 32.5. The van der Waals surface area contributed by atoms with Gasteiger partial charge in [0.2, 0.25) is 0 Å². The van der Waals surface area contributed by atoms with E-state index in [1.54, 1.807) is 12.2 Å². The molecule has 314 valence electrons. The van der Waals surface area contributed by atoms with E-state index in [1.165, 1.54) is 32.1 Å². The second-order valence-electron chi connectivity index (χ2n) is 14.9. The molecule has 1 rings (SSSR count). The van der Waals surface area contributed by atoms with Crippen LogP contribution in [0, 0.1) is 17.8 Å². The molecule has 0 amide bonds. The first-order chi connectivity index (χ1) is 25.8. The Morgan fingerprint density at radius 1 is 0.852 bits per heavy atom. The van der Waals surface area contributed by atoms with Crippen molar-refractivity contribution < 1.29 is 62.8 Å². The van der Waals surface area contributed by atoms with Crippen LogP contribution in [0.5, 0.6) is 0 Å². The van der Waals surface area contributed by atoms with Crippen LogP contribution in [-0.4, -0.2) is 93.9 Å². The van der Waals surface area contributed by atoms with E-state index in [2.05, 4.69) is 25.3 Å². The summed E-state index contributed by atoms with van der Waals surface area (Å²) in [6.07, 6.45) is 18.2. The summed E-state index contributed by atoms with van der Waals surface area (Å²) in [7, 11) is -4.68. The van der Waals surface area contributed by atoms with Crippen molar-refractivity contribution in [1.29, 1.82) is 0 Å². The second-order valence-corrected chi connectivity index (χ2v) is 16.4. The number of ether oxygens (including phenoxy) is 2. The molecule has 0 aromatic carbocycles. The second kappa shape index (κ2) is 30.2. The molecule has 0 aromatic heterocycles. The molecule has 14 heteroatoms. The highest BCUT2D eigenvalue weighted by atomic mass is 31.2. The van der Waals surface area contributed by atoms with Gasteiger partial charge in [-0.1, -0.05) is 116 Å². The molecule has 0 saturated heterocycles. The van der Waals surface area contributed by atoms with E-state index in [-0.39, 0.29) is 36.9 Å². The number of phosphoric ester groups is 1. The van der Waals surface area contributed by atoms with Gasteiger partial charge >= 0.3 is 19.8 Å².